The first-order valence-electron chi connectivity index (χ1n) is 6.50. The van der Waals surface area contributed by atoms with Crippen molar-refractivity contribution in [3.63, 3.8) is 0 Å². The van der Waals surface area contributed by atoms with Crippen LogP contribution in [-0.2, 0) is 11.3 Å². The van der Waals surface area contributed by atoms with Crippen LogP contribution < -0.4 is 9.88 Å². The van der Waals surface area contributed by atoms with Gasteiger partial charge in [-0.3, -0.25) is 4.79 Å². The van der Waals surface area contributed by atoms with Crippen molar-refractivity contribution in [2.75, 3.05) is 6.54 Å². The third-order valence-electron chi connectivity index (χ3n) is 2.95. The van der Waals surface area contributed by atoms with Gasteiger partial charge in [-0.1, -0.05) is 32.6 Å². The SMILES string of the molecule is C=Cn1c[n+](CC(=O)NCC(C)C)c2ccccc21. The first-order chi connectivity index (χ1) is 9.11. The van der Waals surface area contributed by atoms with E-state index in [9.17, 15) is 4.79 Å². The zero-order valence-electron chi connectivity index (χ0n) is 11.5. The topological polar surface area (TPSA) is 37.9 Å². The molecule has 0 saturated heterocycles. The third kappa shape index (κ3) is 3.02. The van der Waals surface area contributed by atoms with Crippen LogP contribution in [0.5, 0.6) is 0 Å². The number of benzene rings is 1. The maximum Gasteiger partial charge on any atom is 0.262 e. The third-order valence-corrected chi connectivity index (χ3v) is 2.95. The lowest BCUT2D eigenvalue weighted by atomic mass is 10.2. The Morgan fingerprint density at radius 1 is 1.47 bits per heavy atom. The monoisotopic (exact) mass is 258 g/mol. The average molecular weight is 258 g/mol. The number of hydrogen-bond acceptors (Lipinski definition) is 1. The molecule has 0 atom stereocenters. The Morgan fingerprint density at radius 2 is 2.21 bits per heavy atom. The second kappa shape index (κ2) is 5.69. The Labute approximate surface area is 113 Å². The summed E-state index contributed by atoms with van der Waals surface area (Å²) in [5, 5.41) is 2.93. The fraction of sp³-hybridized carbons (Fsp3) is 0.333. The highest BCUT2D eigenvalue weighted by atomic mass is 16.1. The highest BCUT2D eigenvalue weighted by Gasteiger charge is 2.16. The van der Waals surface area contributed by atoms with E-state index in [-0.39, 0.29) is 5.91 Å². The molecule has 1 heterocycles. The summed E-state index contributed by atoms with van der Waals surface area (Å²) in [7, 11) is 0. The number of aromatic nitrogens is 2. The van der Waals surface area contributed by atoms with Crippen molar-refractivity contribution in [1.82, 2.24) is 9.88 Å². The van der Waals surface area contributed by atoms with Crippen LogP contribution in [0.25, 0.3) is 17.2 Å². The number of rotatable bonds is 5. The Morgan fingerprint density at radius 3 is 2.89 bits per heavy atom. The summed E-state index contributed by atoms with van der Waals surface area (Å²) in [6.45, 7) is 8.98. The van der Waals surface area contributed by atoms with Crippen molar-refractivity contribution in [2.24, 2.45) is 5.92 Å². The summed E-state index contributed by atoms with van der Waals surface area (Å²) in [5.74, 6) is 0.495. The van der Waals surface area contributed by atoms with Gasteiger partial charge in [0.2, 0.25) is 6.33 Å². The van der Waals surface area contributed by atoms with E-state index in [2.05, 4.69) is 25.7 Å². The largest absolute Gasteiger partial charge is 0.352 e. The van der Waals surface area contributed by atoms with Crippen molar-refractivity contribution in [1.29, 1.82) is 0 Å². The highest BCUT2D eigenvalue weighted by Crippen LogP contribution is 2.10. The maximum atomic E-state index is 11.9. The van der Waals surface area contributed by atoms with E-state index in [0.29, 0.717) is 19.0 Å². The fourth-order valence-electron chi connectivity index (χ4n) is 2.00. The van der Waals surface area contributed by atoms with Crippen LogP contribution in [0.15, 0.2) is 37.2 Å². The van der Waals surface area contributed by atoms with Crippen molar-refractivity contribution in [3.8, 4) is 0 Å². The number of nitrogens with one attached hydrogen (secondary N) is 1. The number of imidazole rings is 1. The number of para-hydroxylation sites is 2. The first-order valence-corrected chi connectivity index (χ1v) is 6.50. The Kier molecular flexibility index (Phi) is 4.00. The van der Waals surface area contributed by atoms with Crippen molar-refractivity contribution >= 4 is 23.1 Å². The number of carbonyl (C=O) groups is 1. The van der Waals surface area contributed by atoms with E-state index < -0.39 is 0 Å². The molecule has 2 rings (SSSR count). The maximum absolute atomic E-state index is 11.9. The molecule has 100 valence electrons. The van der Waals surface area contributed by atoms with Crippen LogP contribution in [0.3, 0.4) is 0 Å². The van der Waals surface area contributed by atoms with Crippen LogP contribution >= 0.6 is 0 Å². The molecule has 0 radical (unpaired) electrons. The normalized spacial score (nSPS) is 10.9. The van der Waals surface area contributed by atoms with Gasteiger partial charge < -0.3 is 5.32 Å². The van der Waals surface area contributed by atoms with E-state index >= 15 is 0 Å². The minimum Gasteiger partial charge on any atom is -0.352 e. The van der Waals surface area contributed by atoms with Crippen molar-refractivity contribution in [2.45, 2.75) is 20.4 Å². The highest BCUT2D eigenvalue weighted by molar-refractivity contribution is 5.77. The van der Waals surface area contributed by atoms with Gasteiger partial charge in [0.15, 0.2) is 17.6 Å². The quantitative estimate of drug-likeness (QED) is 0.816. The van der Waals surface area contributed by atoms with E-state index in [1.165, 1.54) is 0 Å². The first kappa shape index (κ1) is 13.3. The molecule has 0 spiro atoms. The van der Waals surface area contributed by atoms with E-state index in [0.717, 1.165) is 11.0 Å². The summed E-state index contributed by atoms with van der Waals surface area (Å²) in [5.41, 5.74) is 2.08. The van der Waals surface area contributed by atoms with Crippen LogP contribution in [0.1, 0.15) is 13.8 Å². The summed E-state index contributed by atoms with van der Waals surface area (Å²) in [6.07, 6.45) is 3.64. The molecule has 0 aliphatic carbocycles. The predicted molar refractivity (Wildman–Crippen MR) is 76.4 cm³/mol. The minimum atomic E-state index is 0.0330. The molecule has 2 aromatic rings. The Bertz CT molecular complexity index is 598. The molecule has 0 fully saturated rings. The van der Waals surface area contributed by atoms with Crippen LogP contribution in [0.2, 0.25) is 0 Å². The Balaban J connectivity index is 2.21. The minimum absolute atomic E-state index is 0.0330. The van der Waals surface area contributed by atoms with Gasteiger partial charge >= 0.3 is 0 Å². The number of carbonyl (C=O) groups excluding carboxylic acids is 1. The van der Waals surface area contributed by atoms with E-state index in [1.54, 1.807) is 6.20 Å². The zero-order chi connectivity index (χ0) is 13.8. The standard InChI is InChI=1S/C15H19N3O/c1-4-17-11-18(10-15(19)16-9-12(2)3)14-8-6-5-7-13(14)17/h4-8,11-12H,1,9-10H2,2-3H3/p+1. The molecule has 1 N–H and O–H groups in total. The van der Waals surface area contributed by atoms with Gasteiger partial charge in [0.1, 0.15) is 0 Å². The molecule has 0 aliphatic rings. The van der Waals surface area contributed by atoms with Gasteiger partial charge in [0.05, 0.1) is 6.20 Å². The molecule has 1 aromatic carbocycles. The van der Waals surface area contributed by atoms with Gasteiger partial charge in [-0.25, -0.2) is 9.13 Å². The van der Waals surface area contributed by atoms with Gasteiger partial charge in [-0.15, -0.1) is 0 Å². The molecule has 0 unspecified atom stereocenters. The zero-order valence-corrected chi connectivity index (χ0v) is 11.5. The van der Waals surface area contributed by atoms with Crippen molar-refractivity contribution in [3.05, 3.63) is 37.2 Å². The van der Waals surface area contributed by atoms with Crippen LogP contribution in [0, 0.1) is 5.92 Å². The lowest BCUT2D eigenvalue weighted by Crippen LogP contribution is -2.43. The number of amides is 1. The average Bonchev–Trinajstić information content (AvgIpc) is 2.75. The molecule has 1 amide bonds. The second-order valence-electron chi connectivity index (χ2n) is 5.02. The molecule has 4 nitrogen and oxygen atoms in total. The smallest absolute Gasteiger partial charge is 0.262 e. The van der Waals surface area contributed by atoms with E-state index in [4.69, 9.17) is 0 Å². The van der Waals surface area contributed by atoms with Gasteiger partial charge in [-0.05, 0) is 18.1 Å². The van der Waals surface area contributed by atoms with Gasteiger partial charge in [-0.2, -0.15) is 0 Å². The van der Waals surface area contributed by atoms with E-state index in [1.807, 2.05) is 39.7 Å². The van der Waals surface area contributed by atoms with Crippen molar-refractivity contribution < 1.29 is 9.36 Å². The number of nitrogens with zero attached hydrogens (tertiary/aromatic N) is 2. The molecule has 19 heavy (non-hydrogen) atoms. The Hall–Kier alpha value is -2.10. The summed E-state index contributed by atoms with van der Waals surface area (Å²) >= 11 is 0. The number of hydrogen-bond donors (Lipinski definition) is 1. The van der Waals surface area contributed by atoms with Crippen LogP contribution in [-0.4, -0.2) is 17.0 Å². The summed E-state index contributed by atoms with van der Waals surface area (Å²) in [4.78, 5) is 11.9. The molecule has 0 bridgehead atoms. The number of fused-ring (bicyclic) bond motifs is 1. The lowest BCUT2D eigenvalue weighted by molar-refractivity contribution is -0.658. The fourth-order valence-corrected chi connectivity index (χ4v) is 2.00. The molecule has 0 saturated carbocycles. The summed E-state index contributed by atoms with van der Waals surface area (Å²) < 4.78 is 3.86. The van der Waals surface area contributed by atoms with Gasteiger partial charge in [0, 0.05) is 6.54 Å². The summed E-state index contributed by atoms with van der Waals surface area (Å²) in [6, 6.07) is 7.97. The molecule has 4 heteroatoms. The second-order valence-corrected chi connectivity index (χ2v) is 5.02. The molecular weight excluding hydrogens is 238 g/mol. The molecule has 0 aliphatic heterocycles. The lowest BCUT2D eigenvalue weighted by Gasteiger charge is -2.05. The predicted octanol–water partition coefficient (Wildman–Crippen LogP) is 1.80. The van der Waals surface area contributed by atoms with Crippen LogP contribution in [0.4, 0.5) is 0 Å². The molecule has 1 aromatic heterocycles. The molecular formula is C15H20N3O+. The van der Waals surface area contributed by atoms with Gasteiger partial charge in [0.25, 0.3) is 5.91 Å².